The molecular formula is C24H22N4O2. The number of carbonyl (C=O) groups is 1. The van der Waals surface area contributed by atoms with Crippen LogP contribution in [-0.2, 0) is 6.54 Å². The maximum absolute atomic E-state index is 13.1. The molecule has 1 N–H and O–H groups in total. The Bertz CT molecular complexity index is 1130. The van der Waals surface area contributed by atoms with Crippen molar-refractivity contribution >= 4 is 11.9 Å². The third kappa shape index (κ3) is 4.22. The summed E-state index contributed by atoms with van der Waals surface area (Å²) in [6.45, 7) is 2.51. The monoisotopic (exact) mass is 398 g/mol. The molecule has 0 aliphatic heterocycles. The van der Waals surface area contributed by atoms with E-state index in [2.05, 4.69) is 15.4 Å². The van der Waals surface area contributed by atoms with Crippen LogP contribution in [0.25, 0.3) is 11.4 Å². The predicted molar refractivity (Wildman–Crippen MR) is 117 cm³/mol. The zero-order valence-corrected chi connectivity index (χ0v) is 16.9. The van der Waals surface area contributed by atoms with Gasteiger partial charge in [0.15, 0.2) is 5.82 Å². The maximum Gasteiger partial charge on any atom is 0.281 e. The number of hydrogen-bond donors (Lipinski definition) is 1. The van der Waals surface area contributed by atoms with Crippen molar-refractivity contribution in [2.45, 2.75) is 13.5 Å². The van der Waals surface area contributed by atoms with Crippen LogP contribution in [0.5, 0.6) is 5.75 Å². The van der Waals surface area contributed by atoms with Gasteiger partial charge in [-0.05, 0) is 48.9 Å². The van der Waals surface area contributed by atoms with Crippen LogP contribution in [0.3, 0.4) is 0 Å². The smallest absolute Gasteiger partial charge is 0.281 e. The lowest BCUT2D eigenvalue weighted by molar-refractivity contribution is 0.0947. The minimum atomic E-state index is -0.238. The van der Waals surface area contributed by atoms with Gasteiger partial charge in [0.2, 0.25) is 5.95 Å². The maximum atomic E-state index is 13.1. The van der Waals surface area contributed by atoms with Gasteiger partial charge in [0.1, 0.15) is 5.75 Å². The molecule has 0 bridgehead atoms. The molecule has 0 unspecified atom stereocenters. The minimum absolute atomic E-state index is 0.238. The van der Waals surface area contributed by atoms with E-state index in [-0.39, 0.29) is 5.91 Å². The lowest BCUT2D eigenvalue weighted by atomic mass is 10.1. The number of methoxy groups -OCH3 is 1. The Hall–Kier alpha value is -3.93. The van der Waals surface area contributed by atoms with E-state index in [1.54, 1.807) is 19.2 Å². The van der Waals surface area contributed by atoms with Crippen molar-refractivity contribution in [3.05, 3.63) is 95.6 Å². The van der Waals surface area contributed by atoms with Crippen LogP contribution in [-0.4, -0.2) is 27.8 Å². The van der Waals surface area contributed by atoms with Crippen LogP contribution in [0.15, 0.2) is 78.9 Å². The van der Waals surface area contributed by atoms with E-state index < -0.39 is 0 Å². The number of aryl methyl sites for hydroxylation is 1. The molecule has 0 saturated carbocycles. The fraction of sp³-hybridized carbons (Fsp3) is 0.125. The quantitative estimate of drug-likeness (QED) is 0.516. The molecule has 0 radical (unpaired) electrons. The van der Waals surface area contributed by atoms with Crippen LogP contribution in [0.1, 0.15) is 21.5 Å². The van der Waals surface area contributed by atoms with Gasteiger partial charge in [0, 0.05) is 17.7 Å². The number of nitrogens with zero attached hydrogens (tertiary/aromatic N) is 3. The number of nitrogens with one attached hydrogen (secondary N) is 1. The molecule has 0 saturated heterocycles. The molecule has 1 heterocycles. The van der Waals surface area contributed by atoms with Crippen molar-refractivity contribution in [2.75, 3.05) is 12.4 Å². The van der Waals surface area contributed by atoms with Crippen molar-refractivity contribution in [1.82, 2.24) is 14.8 Å². The first-order chi connectivity index (χ1) is 14.6. The van der Waals surface area contributed by atoms with E-state index in [1.807, 2.05) is 73.7 Å². The molecule has 0 amide bonds. The van der Waals surface area contributed by atoms with E-state index >= 15 is 0 Å². The summed E-state index contributed by atoms with van der Waals surface area (Å²) >= 11 is 0. The Morgan fingerprint density at radius 3 is 2.33 bits per heavy atom. The Kier molecular flexibility index (Phi) is 5.57. The molecule has 3 aromatic carbocycles. The number of rotatable bonds is 6. The largest absolute Gasteiger partial charge is 0.497 e. The second-order valence-corrected chi connectivity index (χ2v) is 6.91. The number of carbonyl (C=O) groups excluding carboxylic acids is 1. The fourth-order valence-corrected chi connectivity index (χ4v) is 3.03. The second-order valence-electron chi connectivity index (χ2n) is 6.91. The molecule has 0 fully saturated rings. The molecule has 0 aliphatic rings. The van der Waals surface area contributed by atoms with Crippen LogP contribution in [0.2, 0.25) is 0 Å². The highest BCUT2D eigenvalue weighted by Crippen LogP contribution is 2.22. The van der Waals surface area contributed by atoms with Gasteiger partial charge < -0.3 is 10.1 Å². The van der Waals surface area contributed by atoms with Gasteiger partial charge in [0.25, 0.3) is 5.91 Å². The summed E-state index contributed by atoms with van der Waals surface area (Å²) < 4.78 is 6.54. The molecule has 4 aromatic rings. The summed E-state index contributed by atoms with van der Waals surface area (Å²) in [4.78, 5) is 17.7. The number of benzene rings is 3. The number of anilines is 1. The molecular weight excluding hydrogens is 376 g/mol. The Labute approximate surface area is 175 Å². The molecule has 4 rings (SSSR count). The van der Waals surface area contributed by atoms with Crippen molar-refractivity contribution in [3.63, 3.8) is 0 Å². The summed E-state index contributed by atoms with van der Waals surface area (Å²) in [5.41, 5.74) is 3.52. The first kappa shape index (κ1) is 19.4. The zero-order chi connectivity index (χ0) is 20.9. The van der Waals surface area contributed by atoms with Crippen LogP contribution >= 0.6 is 0 Å². The van der Waals surface area contributed by atoms with E-state index in [0.29, 0.717) is 23.9 Å². The van der Waals surface area contributed by atoms with Gasteiger partial charge >= 0.3 is 0 Å². The highest BCUT2D eigenvalue weighted by atomic mass is 16.5. The highest BCUT2D eigenvalue weighted by molar-refractivity contribution is 5.97. The zero-order valence-electron chi connectivity index (χ0n) is 16.9. The van der Waals surface area contributed by atoms with Gasteiger partial charge in [0.05, 0.1) is 7.11 Å². The van der Waals surface area contributed by atoms with Crippen molar-refractivity contribution in [2.24, 2.45) is 0 Å². The Morgan fingerprint density at radius 1 is 0.967 bits per heavy atom. The van der Waals surface area contributed by atoms with Crippen molar-refractivity contribution in [1.29, 1.82) is 0 Å². The van der Waals surface area contributed by atoms with E-state index in [4.69, 9.17) is 4.74 Å². The first-order valence-corrected chi connectivity index (χ1v) is 9.65. The van der Waals surface area contributed by atoms with Crippen LogP contribution < -0.4 is 10.1 Å². The van der Waals surface area contributed by atoms with E-state index in [1.165, 1.54) is 4.68 Å². The summed E-state index contributed by atoms with van der Waals surface area (Å²) in [5, 5.41) is 7.75. The summed E-state index contributed by atoms with van der Waals surface area (Å²) in [5.74, 6) is 1.37. The molecule has 0 aliphatic carbocycles. The fourth-order valence-electron chi connectivity index (χ4n) is 3.03. The van der Waals surface area contributed by atoms with Gasteiger partial charge in [-0.2, -0.15) is 9.67 Å². The van der Waals surface area contributed by atoms with Crippen LogP contribution in [0, 0.1) is 6.92 Å². The molecule has 0 spiro atoms. The lowest BCUT2D eigenvalue weighted by Crippen LogP contribution is -2.17. The number of aromatic nitrogens is 3. The predicted octanol–water partition coefficient (Wildman–Crippen LogP) is 4.56. The first-order valence-electron chi connectivity index (χ1n) is 9.65. The summed E-state index contributed by atoms with van der Waals surface area (Å²) in [6.07, 6.45) is 0. The van der Waals surface area contributed by atoms with Gasteiger partial charge in [-0.1, -0.05) is 48.0 Å². The van der Waals surface area contributed by atoms with E-state index in [9.17, 15) is 4.79 Å². The Balaban J connectivity index is 1.68. The SMILES string of the molecule is COc1ccc(-c2nc(NCc3ccccc3)n(C(=O)c3ccc(C)cc3)n2)cc1. The van der Waals surface area contributed by atoms with Crippen LogP contribution in [0.4, 0.5) is 5.95 Å². The van der Waals surface area contributed by atoms with Gasteiger partial charge in [-0.25, -0.2) is 0 Å². The molecule has 30 heavy (non-hydrogen) atoms. The average molecular weight is 398 g/mol. The molecule has 6 heteroatoms. The molecule has 6 nitrogen and oxygen atoms in total. The molecule has 1 aromatic heterocycles. The standard InChI is InChI=1S/C24H22N4O2/c1-17-8-10-20(11-9-17)23(29)28-24(25-16-18-6-4-3-5-7-18)26-22(27-28)19-12-14-21(30-2)15-13-19/h3-15H,16H2,1-2H3,(H,25,26,27). The number of hydrogen-bond acceptors (Lipinski definition) is 5. The van der Waals surface area contributed by atoms with Gasteiger partial charge in [-0.3, -0.25) is 4.79 Å². The van der Waals surface area contributed by atoms with Gasteiger partial charge in [-0.15, -0.1) is 5.10 Å². The second kappa shape index (κ2) is 8.61. The van der Waals surface area contributed by atoms with Crippen molar-refractivity contribution in [3.8, 4) is 17.1 Å². The molecule has 150 valence electrons. The third-order valence-corrected chi connectivity index (χ3v) is 4.74. The lowest BCUT2D eigenvalue weighted by Gasteiger charge is -2.07. The molecule has 0 atom stereocenters. The third-order valence-electron chi connectivity index (χ3n) is 4.74. The minimum Gasteiger partial charge on any atom is -0.497 e. The van der Waals surface area contributed by atoms with Crippen molar-refractivity contribution < 1.29 is 9.53 Å². The topological polar surface area (TPSA) is 69.0 Å². The summed E-state index contributed by atoms with van der Waals surface area (Å²) in [6, 6.07) is 24.8. The normalized spacial score (nSPS) is 10.6. The Morgan fingerprint density at radius 2 is 1.67 bits per heavy atom. The average Bonchev–Trinajstić information content (AvgIpc) is 3.23. The summed E-state index contributed by atoms with van der Waals surface area (Å²) in [7, 11) is 1.62. The van der Waals surface area contributed by atoms with E-state index in [0.717, 1.165) is 22.4 Å². The highest BCUT2D eigenvalue weighted by Gasteiger charge is 2.19. The number of ether oxygens (including phenoxy) is 1.